The van der Waals surface area contributed by atoms with E-state index in [2.05, 4.69) is 4.90 Å². The molecule has 3 atom stereocenters. The van der Waals surface area contributed by atoms with Crippen molar-refractivity contribution in [2.45, 2.75) is 6.42 Å². The highest BCUT2D eigenvalue weighted by Gasteiger charge is 2.42. The van der Waals surface area contributed by atoms with Crippen LogP contribution in [0.15, 0.2) is 0 Å². The number of piperidine rings is 1. The molecular weight excluding hydrogens is 142 g/mol. The summed E-state index contributed by atoms with van der Waals surface area (Å²) in [5.74, 6) is 0.744. The number of esters is 1. The Kier molecular flexibility index (Phi) is 1.60. The lowest BCUT2D eigenvalue weighted by atomic mass is 9.93. The molecule has 2 bridgehead atoms. The molecule has 2 rings (SSSR count). The van der Waals surface area contributed by atoms with Crippen LogP contribution in [0.25, 0.3) is 0 Å². The van der Waals surface area contributed by atoms with E-state index in [1.165, 1.54) is 20.1 Å². The molecule has 2 fully saturated rings. The molecule has 2 aliphatic rings. The lowest BCUT2D eigenvalue weighted by Crippen LogP contribution is -2.30. The van der Waals surface area contributed by atoms with Gasteiger partial charge in [0.05, 0.1) is 13.0 Å². The van der Waals surface area contributed by atoms with Gasteiger partial charge in [-0.25, -0.2) is 0 Å². The summed E-state index contributed by atoms with van der Waals surface area (Å²) in [5, 5.41) is 0. The molecule has 3 nitrogen and oxygen atoms in total. The molecule has 0 radical (unpaired) electrons. The van der Waals surface area contributed by atoms with Gasteiger partial charge in [-0.2, -0.15) is 0 Å². The highest BCUT2D eigenvalue weighted by molar-refractivity contribution is 5.73. The van der Waals surface area contributed by atoms with Crippen LogP contribution in [-0.4, -0.2) is 37.6 Å². The lowest BCUT2D eigenvalue weighted by molar-refractivity contribution is -0.146. The van der Waals surface area contributed by atoms with Gasteiger partial charge in [-0.1, -0.05) is 0 Å². The van der Waals surface area contributed by atoms with Gasteiger partial charge in [0.2, 0.25) is 0 Å². The maximum atomic E-state index is 11.2. The maximum Gasteiger partial charge on any atom is 0.310 e. The Labute approximate surface area is 66.3 Å². The fraction of sp³-hybridized carbons (Fsp3) is 0.875. The van der Waals surface area contributed by atoms with E-state index in [0.29, 0.717) is 5.92 Å². The lowest BCUT2D eigenvalue weighted by Gasteiger charge is -2.19. The molecule has 0 aromatic carbocycles. The minimum Gasteiger partial charge on any atom is -0.469 e. The molecule has 11 heavy (non-hydrogen) atoms. The number of hydrogen-bond acceptors (Lipinski definition) is 3. The van der Waals surface area contributed by atoms with Crippen LogP contribution < -0.4 is 0 Å². The zero-order chi connectivity index (χ0) is 7.84. The first-order chi connectivity index (χ1) is 5.31. The van der Waals surface area contributed by atoms with Crippen molar-refractivity contribution in [3.8, 4) is 0 Å². The van der Waals surface area contributed by atoms with E-state index in [0.717, 1.165) is 13.1 Å². The molecule has 2 aliphatic heterocycles. The third-order valence-electron chi connectivity index (χ3n) is 2.84. The Morgan fingerprint density at radius 3 is 2.82 bits per heavy atom. The summed E-state index contributed by atoms with van der Waals surface area (Å²) in [6.45, 7) is 3.22. The quantitative estimate of drug-likeness (QED) is 0.503. The highest BCUT2D eigenvalue weighted by atomic mass is 16.5. The first kappa shape index (κ1) is 7.10. The molecule has 2 saturated heterocycles. The van der Waals surface area contributed by atoms with Gasteiger partial charge in [0.1, 0.15) is 0 Å². The second kappa shape index (κ2) is 2.48. The summed E-state index contributed by atoms with van der Waals surface area (Å²) >= 11 is 0. The fourth-order valence-corrected chi connectivity index (χ4v) is 2.20. The fourth-order valence-electron chi connectivity index (χ4n) is 2.20. The van der Waals surface area contributed by atoms with Gasteiger partial charge in [0.25, 0.3) is 0 Å². The second-order valence-corrected chi connectivity index (χ2v) is 3.44. The van der Waals surface area contributed by atoms with Crippen LogP contribution in [0.2, 0.25) is 0 Å². The maximum absolute atomic E-state index is 11.2. The van der Waals surface area contributed by atoms with Crippen LogP contribution in [0.5, 0.6) is 0 Å². The molecule has 0 spiro atoms. The van der Waals surface area contributed by atoms with Crippen molar-refractivity contribution >= 4 is 5.97 Å². The molecule has 2 heterocycles. The van der Waals surface area contributed by atoms with Crippen molar-refractivity contribution < 1.29 is 9.53 Å². The zero-order valence-corrected chi connectivity index (χ0v) is 6.75. The van der Waals surface area contributed by atoms with Gasteiger partial charge in [0, 0.05) is 13.1 Å². The third kappa shape index (κ3) is 1.03. The van der Waals surface area contributed by atoms with Crippen molar-refractivity contribution in [2.24, 2.45) is 11.8 Å². The number of fused-ring (bicyclic) bond motifs is 2. The second-order valence-electron chi connectivity index (χ2n) is 3.44. The monoisotopic (exact) mass is 155 g/mol. The zero-order valence-electron chi connectivity index (χ0n) is 6.75. The third-order valence-corrected chi connectivity index (χ3v) is 2.84. The molecule has 0 aromatic rings. The Hall–Kier alpha value is -0.570. The number of nitrogens with zero attached hydrogens (tertiary/aromatic N) is 1. The molecular formula is C8H13NO2. The van der Waals surface area contributed by atoms with E-state index in [1.807, 2.05) is 0 Å². The largest absolute Gasteiger partial charge is 0.469 e. The summed E-state index contributed by atoms with van der Waals surface area (Å²) in [4.78, 5) is 13.5. The smallest absolute Gasteiger partial charge is 0.310 e. The van der Waals surface area contributed by atoms with Crippen LogP contribution in [0.3, 0.4) is 0 Å². The van der Waals surface area contributed by atoms with Crippen LogP contribution in [0, 0.1) is 11.8 Å². The number of carbonyl (C=O) groups excluding carboxylic acids is 1. The minimum atomic E-state index is -0.0165. The molecule has 0 aromatic heterocycles. The van der Waals surface area contributed by atoms with Gasteiger partial charge < -0.3 is 9.64 Å². The first-order valence-electron chi connectivity index (χ1n) is 4.11. The van der Waals surface area contributed by atoms with E-state index < -0.39 is 0 Å². The van der Waals surface area contributed by atoms with Gasteiger partial charge in [0.15, 0.2) is 0 Å². The molecule has 0 saturated carbocycles. The molecule has 0 aliphatic carbocycles. The normalized spacial score (nSPS) is 41.0. The summed E-state index contributed by atoms with van der Waals surface area (Å²) in [7, 11) is 1.48. The molecule has 1 unspecified atom stereocenters. The minimum absolute atomic E-state index is 0.0165. The van der Waals surface area contributed by atoms with Crippen LogP contribution in [0.1, 0.15) is 6.42 Å². The Morgan fingerprint density at radius 1 is 1.55 bits per heavy atom. The SMILES string of the molecule is COC(=O)[C@H]1CN2CC[C@@H]1C2. The number of rotatable bonds is 1. The van der Waals surface area contributed by atoms with E-state index in [9.17, 15) is 4.79 Å². The van der Waals surface area contributed by atoms with E-state index in [1.54, 1.807) is 0 Å². The predicted molar refractivity (Wildman–Crippen MR) is 40.1 cm³/mol. The van der Waals surface area contributed by atoms with Gasteiger partial charge in [-0.15, -0.1) is 0 Å². The molecule has 62 valence electrons. The van der Waals surface area contributed by atoms with Crippen molar-refractivity contribution in [1.82, 2.24) is 4.90 Å². The topological polar surface area (TPSA) is 29.5 Å². The number of carbonyl (C=O) groups is 1. The number of hydrogen-bond donors (Lipinski definition) is 0. The number of ether oxygens (including phenoxy) is 1. The first-order valence-corrected chi connectivity index (χ1v) is 4.11. The van der Waals surface area contributed by atoms with Crippen molar-refractivity contribution in [3.63, 3.8) is 0 Å². The summed E-state index contributed by atoms with van der Waals surface area (Å²) in [6, 6.07) is 0. The van der Waals surface area contributed by atoms with E-state index >= 15 is 0 Å². The van der Waals surface area contributed by atoms with Crippen molar-refractivity contribution in [2.75, 3.05) is 26.7 Å². The van der Waals surface area contributed by atoms with Gasteiger partial charge in [-0.05, 0) is 18.9 Å². The summed E-state index contributed by atoms with van der Waals surface area (Å²) in [5.41, 5.74) is 0. The van der Waals surface area contributed by atoms with Gasteiger partial charge >= 0.3 is 5.97 Å². The Balaban J connectivity index is 2.02. The van der Waals surface area contributed by atoms with Crippen molar-refractivity contribution in [3.05, 3.63) is 0 Å². The molecule has 0 N–H and O–H groups in total. The number of methoxy groups -OCH3 is 1. The molecule has 0 amide bonds. The Bertz CT molecular complexity index is 181. The van der Waals surface area contributed by atoms with Crippen LogP contribution in [-0.2, 0) is 9.53 Å². The average molecular weight is 155 g/mol. The average Bonchev–Trinajstić information content (AvgIpc) is 2.62. The standard InChI is InChI=1S/C8H13NO2/c1-11-8(10)7-5-9-3-2-6(7)4-9/h6-7H,2-5H2,1H3/t6-,7+/m1/s1. The summed E-state index contributed by atoms with van der Waals surface area (Å²) in [6.07, 6.45) is 1.18. The predicted octanol–water partition coefficient (Wildman–Crippen LogP) is 0.111. The van der Waals surface area contributed by atoms with Crippen LogP contribution >= 0.6 is 0 Å². The summed E-state index contributed by atoms with van der Waals surface area (Å²) < 4.78 is 4.72. The van der Waals surface area contributed by atoms with E-state index in [4.69, 9.17) is 4.74 Å². The highest BCUT2D eigenvalue weighted by Crippen LogP contribution is 2.33. The van der Waals surface area contributed by atoms with E-state index in [-0.39, 0.29) is 11.9 Å². The van der Waals surface area contributed by atoms with Crippen molar-refractivity contribution in [1.29, 1.82) is 0 Å². The van der Waals surface area contributed by atoms with Crippen LogP contribution in [0.4, 0.5) is 0 Å². The molecule has 3 heteroatoms. The van der Waals surface area contributed by atoms with Gasteiger partial charge in [-0.3, -0.25) is 4.79 Å². The Morgan fingerprint density at radius 2 is 2.36 bits per heavy atom.